The van der Waals surface area contributed by atoms with Crippen molar-refractivity contribution < 1.29 is 0 Å². The van der Waals surface area contributed by atoms with Gasteiger partial charge in [0, 0.05) is 20.7 Å². The fraction of sp³-hybridized carbons (Fsp3) is 0.600. The molecule has 1 saturated carbocycles. The smallest absolute Gasteiger partial charge is 0.0277 e. The van der Waals surface area contributed by atoms with E-state index in [4.69, 9.17) is 5.73 Å². The van der Waals surface area contributed by atoms with Gasteiger partial charge in [-0.25, -0.2) is 0 Å². The molecular weight excluding hydrogens is 306 g/mol. The van der Waals surface area contributed by atoms with E-state index >= 15 is 0 Å². The maximum absolute atomic E-state index is 5.93. The fourth-order valence-corrected chi connectivity index (χ4v) is 4.95. The zero-order valence-electron chi connectivity index (χ0n) is 11.2. The van der Waals surface area contributed by atoms with E-state index in [2.05, 4.69) is 41.1 Å². The molecule has 3 atom stereocenters. The predicted octanol–water partition coefficient (Wildman–Crippen LogP) is 5.14. The van der Waals surface area contributed by atoms with Gasteiger partial charge >= 0.3 is 0 Å². The summed E-state index contributed by atoms with van der Waals surface area (Å²) >= 11 is 5.66. The zero-order valence-corrected chi connectivity index (χ0v) is 13.6. The Hall–Kier alpha value is 0.01000. The van der Waals surface area contributed by atoms with Crippen LogP contribution < -0.4 is 5.73 Å². The van der Waals surface area contributed by atoms with E-state index in [9.17, 15) is 0 Å². The molecule has 2 rings (SSSR count). The van der Waals surface area contributed by atoms with Crippen molar-refractivity contribution in [1.82, 2.24) is 0 Å². The summed E-state index contributed by atoms with van der Waals surface area (Å²) in [6.07, 6.45) is 5.52. The van der Waals surface area contributed by atoms with Gasteiger partial charge in [0.05, 0.1) is 0 Å². The van der Waals surface area contributed by atoms with Crippen LogP contribution in [0.3, 0.4) is 0 Å². The first-order valence-corrected chi connectivity index (χ1v) is 8.45. The molecule has 1 aromatic rings. The average molecular weight is 328 g/mol. The highest BCUT2D eigenvalue weighted by molar-refractivity contribution is 9.10. The second kappa shape index (κ2) is 6.44. The summed E-state index contributed by atoms with van der Waals surface area (Å²) in [6, 6.07) is 6.69. The van der Waals surface area contributed by atoms with Gasteiger partial charge in [-0.1, -0.05) is 41.8 Å². The van der Waals surface area contributed by atoms with Crippen LogP contribution in [0.5, 0.6) is 0 Å². The molecule has 1 nitrogen and oxygen atoms in total. The molecule has 18 heavy (non-hydrogen) atoms. The van der Waals surface area contributed by atoms with Crippen molar-refractivity contribution in [2.45, 2.75) is 55.7 Å². The van der Waals surface area contributed by atoms with Crippen LogP contribution in [-0.2, 0) is 0 Å². The molecule has 2 unspecified atom stereocenters. The molecule has 3 heteroatoms. The molecule has 1 aliphatic rings. The van der Waals surface area contributed by atoms with E-state index in [0.29, 0.717) is 0 Å². The summed E-state index contributed by atoms with van der Waals surface area (Å²) in [5.74, 6) is 0.892. The summed E-state index contributed by atoms with van der Waals surface area (Å²) in [7, 11) is 0. The monoisotopic (exact) mass is 327 g/mol. The van der Waals surface area contributed by atoms with E-state index < -0.39 is 0 Å². The van der Waals surface area contributed by atoms with Crippen molar-refractivity contribution >= 4 is 27.7 Å². The maximum Gasteiger partial charge on any atom is 0.0277 e. The molecule has 0 aromatic heterocycles. The Morgan fingerprint density at radius 2 is 2.17 bits per heavy atom. The number of hydrogen-bond donors (Lipinski definition) is 1. The molecule has 1 aromatic carbocycles. The lowest BCUT2D eigenvalue weighted by Gasteiger charge is -2.26. The molecule has 0 bridgehead atoms. The van der Waals surface area contributed by atoms with E-state index in [0.717, 1.165) is 15.6 Å². The van der Waals surface area contributed by atoms with Crippen molar-refractivity contribution in [2.75, 3.05) is 0 Å². The molecule has 0 radical (unpaired) electrons. The van der Waals surface area contributed by atoms with Crippen LogP contribution in [0.2, 0.25) is 0 Å². The highest BCUT2D eigenvalue weighted by atomic mass is 79.9. The van der Waals surface area contributed by atoms with E-state index in [1.165, 1.54) is 36.1 Å². The lowest BCUT2D eigenvalue weighted by molar-refractivity contribution is 0.394. The molecule has 0 heterocycles. The fourth-order valence-electron chi connectivity index (χ4n) is 2.63. The lowest BCUT2D eigenvalue weighted by Crippen LogP contribution is -2.14. The second-order valence-corrected chi connectivity index (χ2v) is 7.71. The molecule has 0 amide bonds. The Morgan fingerprint density at radius 1 is 1.39 bits per heavy atom. The zero-order chi connectivity index (χ0) is 13.1. The lowest BCUT2D eigenvalue weighted by atomic mass is 9.91. The molecule has 2 N–H and O–H groups in total. The van der Waals surface area contributed by atoms with Gasteiger partial charge < -0.3 is 5.73 Å². The maximum atomic E-state index is 5.93. The van der Waals surface area contributed by atoms with E-state index in [1.54, 1.807) is 0 Å². The molecular formula is C15H22BrNS. The topological polar surface area (TPSA) is 26.0 Å². The average Bonchev–Trinajstić information content (AvgIpc) is 2.28. The van der Waals surface area contributed by atoms with Crippen LogP contribution in [0, 0.1) is 5.92 Å². The third-order valence-electron chi connectivity index (χ3n) is 3.65. The van der Waals surface area contributed by atoms with E-state index in [1.807, 2.05) is 18.7 Å². The van der Waals surface area contributed by atoms with Gasteiger partial charge in [0.25, 0.3) is 0 Å². The minimum atomic E-state index is 0.0909. The van der Waals surface area contributed by atoms with Gasteiger partial charge in [0.15, 0.2) is 0 Å². The normalized spacial score (nSPS) is 26.0. The largest absolute Gasteiger partial charge is 0.324 e. The molecule has 1 aliphatic carbocycles. The Balaban J connectivity index is 2.03. The highest BCUT2D eigenvalue weighted by Gasteiger charge is 2.20. The Bertz CT molecular complexity index is 405. The van der Waals surface area contributed by atoms with Crippen molar-refractivity contribution in [3.8, 4) is 0 Å². The SMILES string of the molecule is CC1CCCC(Sc2ccc([C@@H](C)N)c(Br)c2)C1. The number of hydrogen-bond acceptors (Lipinski definition) is 2. The number of rotatable bonds is 3. The third-order valence-corrected chi connectivity index (χ3v) is 5.63. The van der Waals surface area contributed by atoms with Crippen LogP contribution in [0.1, 0.15) is 51.1 Å². The van der Waals surface area contributed by atoms with Gasteiger partial charge in [0.1, 0.15) is 0 Å². The van der Waals surface area contributed by atoms with Gasteiger partial charge in [-0.3, -0.25) is 0 Å². The van der Waals surface area contributed by atoms with Crippen molar-refractivity contribution in [3.05, 3.63) is 28.2 Å². The van der Waals surface area contributed by atoms with E-state index in [-0.39, 0.29) is 6.04 Å². The molecule has 1 fully saturated rings. The number of benzene rings is 1. The van der Waals surface area contributed by atoms with Gasteiger partial charge in [0.2, 0.25) is 0 Å². The first-order valence-electron chi connectivity index (χ1n) is 6.78. The molecule has 0 spiro atoms. The molecule has 0 aliphatic heterocycles. The quantitative estimate of drug-likeness (QED) is 0.831. The van der Waals surface area contributed by atoms with Crippen molar-refractivity contribution in [3.63, 3.8) is 0 Å². The minimum Gasteiger partial charge on any atom is -0.324 e. The van der Waals surface area contributed by atoms with Crippen molar-refractivity contribution in [1.29, 1.82) is 0 Å². The van der Waals surface area contributed by atoms with Crippen LogP contribution in [-0.4, -0.2) is 5.25 Å². The summed E-state index contributed by atoms with van der Waals surface area (Å²) in [5.41, 5.74) is 7.12. The third kappa shape index (κ3) is 3.75. The highest BCUT2D eigenvalue weighted by Crippen LogP contribution is 2.37. The molecule has 100 valence electrons. The van der Waals surface area contributed by atoms with Gasteiger partial charge in [-0.15, -0.1) is 11.8 Å². The number of halogens is 1. The van der Waals surface area contributed by atoms with Gasteiger partial charge in [-0.05, 0) is 43.4 Å². The van der Waals surface area contributed by atoms with Crippen LogP contribution >= 0.6 is 27.7 Å². The Kier molecular flexibility index (Phi) is 5.16. The standard InChI is InChI=1S/C15H22BrNS/c1-10-4-3-5-12(8-10)18-13-6-7-14(11(2)17)15(16)9-13/h6-7,9-12H,3-5,8,17H2,1-2H3/t10?,11-,12?/m1/s1. The van der Waals surface area contributed by atoms with Crippen molar-refractivity contribution in [2.24, 2.45) is 11.7 Å². The predicted molar refractivity (Wildman–Crippen MR) is 84.0 cm³/mol. The Morgan fingerprint density at radius 3 is 2.78 bits per heavy atom. The molecule has 0 saturated heterocycles. The first-order chi connectivity index (χ1) is 8.56. The van der Waals surface area contributed by atoms with Crippen LogP contribution in [0.4, 0.5) is 0 Å². The number of thioether (sulfide) groups is 1. The Labute approximate surface area is 123 Å². The summed E-state index contributed by atoms with van der Waals surface area (Å²) in [5, 5.41) is 0.793. The van der Waals surface area contributed by atoms with Crippen LogP contribution in [0.15, 0.2) is 27.6 Å². The summed E-state index contributed by atoms with van der Waals surface area (Å²) < 4.78 is 1.14. The number of nitrogens with two attached hydrogens (primary N) is 1. The first kappa shape index (κ1) is 14.4. The second-order valence-electron chi connectivity index (χ2n) is 5.48. The van der Waals surface area contributed by atoms with Crippen LogP contribution in [0.25, 0.3) is 0 Å². The van der Waals surface area contributed by atoms with Gasteiger partial charge in [-0.2, -0.15) is 0 Å². The summed E-state index contributed by atoms with van der Waals surface area (Å²) in [4.78, 5) is 1.37. The summed E-state index contributed by atoms with van der Waals surface area (Å²) in [6.45, 7) is 4.40. The minimum absolute atomic E-state index is 0.0909.